The lowest BCUT2D eigenvalue weighted by Gasteiger charge is -2.34. The van der Waals surface area contributed by atoms with Crippen molar-refractivity contribution in [2.45, 2.75) is 69.6 Å². The number of benzene rings is 2. The molecule has 1 unspecified atom stereocenters. The first kappa shape index (κ1) is 32.4. The van der Waals surface area contributed by atoms with E-state index in [-0.39, 0.29) is 44.0 Å². The van der Waals surface area contributed by atoms with Crippen molar-refractivity contribution < 1.29 is 27.5 Å². The molecule has 10 heteroatoms. The summed E-state index contributed by atoms with van der Waals surface area (Å²) in [6, 6.07) is 13.7. The van der Waals surface area contributed by atoms with Crippen LogP contribution >= 0.6 is 0 Å². The average Bonchev–Trinajstić information content (AvgIpc) is 3.03. The Morgan fingerprint density at radius 3 is 2.33 bits per heavy atom. The molecular formula is C35H43F3N4O3. The molecule has 0 aromatic heterocycles. The first-order valence-electron chi connectivity index (χ1n) is 15.8. The summed E-state index contributed by atoms with van der Waals surface area (Å²) in [5.74, 6) is -0.798. The van der Waals surface area contributed by atoms with E-state index in [2.05, 4.69) is 58.5 Å². The monoisotopic (exact) mass is 624 g/mol. The Kier molecular flexibility index (Phi) is 10.1. The summed E-state index contributed by atoms with van der Waals surface area (Å²) in [6.45, 7) is 4.49. The third-order valence-corrected chi connectivity index (χ3v) is 9.36. The van der Waals surface area contributed by atoms with Crippen molar-refractivity contribution in [3.05, 3.63) is 71.3 Å². The zero-order valence-corrected chi connectivity index (χ0v) is 26.1. The van der Waals surface area contributed by atoms with Gasteiger partial charge in [-0.2, -0.15) is 13.2 Å². The summed E-state index contributed by atoms with van der Waals surface area (Å²) < 4.78 is 44.0. The number of ether oxygens (including phenoxy) is 1. The van der Waals surface area contributed by atoms with Crippen molar-refractivity contribution in [2.75, 3.05) is 38.7 Å². The number of hydrogen-bond acceptors (Lipinski definition) is 4. The molecule has 2 aromatic carbocycles. The van der Waals surface area contributed by atoms with Crippen molar-refractivity contribution in [3.8, 4) is 0 Å². The summed E-state index contributed by atoms with van der Waals surface area (Å²) in [5.41, 5.74) is 6.69. The zero-order valence-electron chi connectivity index (χ0n) is 26.1. The molecule has 2 aliphatic heterocycles. The van der Waals surface area contributed by atoms with Gasteiger partial charge < -0.3 is 25.2 Å². The minimum Gasteiger partial charge on any atom is -0.497 e. The van der Waals surface area contributed by atoms with Crippen LogP contribution in [0.4, 0.5) is 23.7 Å². The van der Waals surface area contributed by atoms with Gasteiger partial charge in [-0.3, -0.25) is 4.79 Å². The topological polar surface area (TPSA) is 73.9 Å². The number of nitrogens with zero attached hydrogens (tertiary/aromatic N) is 2. The quantitative estimate of drug-likeness (QED) is 0.366. The third-order valence-electron chi connectivity index (χ3n) is 9.36. The Morgan fingerprint density at radius 2 is 1.64 bits per heavy atom. The van der Waals surface area contributed by atoms with Gasteiger partial charge in [0.25, 0.3) is 0 Å². The zero-order chi connectivity index (χ0) is 32.1. The molecule has 45 heavy (non-hydrogen) atoms. The molecule has 1 saturated carbocycles. The van der Waals surface area contributed by atoms with Crippen LogP contribution in [0.15, 0.2) is 49.0 Å². The highest BCUT2D eigenvalue weighted by atomic mass is 19.4. The second-order valence-corrected chi connectivity index (χ2v) is 12.5. The van der Waals surface area contributed by atoms with E-state index in [1.54, 1.807) is 7.11 Å². The van der Waals surface area contributed by atoms with Gasteiger partial charge in [-0.1, -0.05) is 68.3 Å². The number of amides is 3. The van der Waals surface area contributed by atoms with Gasteiger partial charge in [-0.05, 0) is 60.8 Å². The second-order valence-electron chi connectivity index (χ2n) is 12.5. The summed E-state index contributed by atoms with van der Waals surface area (Å²) in [7, 11) is 3.64. The Balaban J connectivity index is 1.41. The van der Waals surface area contributed by atoms with Crippen molar-refractivity contribution in [1.82, 2.24) is 15.5 Å². The lowest BCUT2D eigenvalue weighted by molar-refractivity contribution is -0.186. The van der Waals surface area contributed by atoms with Crippen molar-refractivity contribution in [3.63, 3.8) is 0 Å². The SMILES string of the molecule is C=C(OC)c1ccc2c(c1)N(C)CC(NC(=O)NC1CCN(C(=O)C(F)(F)F)CC1)Cc1ccccc1/C=C/2C1CCCCC1. The van der Waals surface area contributed by atoms with Gasteiger partial charge in [0, 0.05) is 49.5 Å². The molecule has 1 aliphatic carbocycles. The number of fused-ring (bicyclic) bond motifs is 2. The highest BCUT2D eigenvalue weighted by molar-refractivity contribution is 5.90. The number of halogens is 3. The first-order valence-corrected chi connectivity index (χ1v) is 15.8. The van der Waals surface area contributed by atoms with Gasteiger partial charge in [-0.25, -0.2) is 4.79 Å². The van der Waals surface area contributed by atoms with Gasteiger partial charge in [0.05, 0.1) is 13.2 Å². The Hall–Kier alpha value is -3.95. The van der Waals surface area contributed by atoms with Gasteiger partial charge in [0.2, 0.25) is 0 Å². The van der Waals surface area contributed by atoms with Crippen LogP contribution in [-0.4, -0.2) is 68.9 Å². The number of likely N-dealkylation sites (N-methyl/N-ethyl adjacent to an activating group) is 1. The largest absolute Gasteiger partial charge is 0.497 e. The van der Waals surface area contributed by atoms with Gasteiger partial charge >= 0.3 is 18.1 Å². The fraction of sp³-hybridized carbons (Fsp3) is 0.486. The molecule has 0 bridgehead atoms. The maximum atomic E-state index is 13.3. The van der Waals surface area contributed by atoms with E-state index in [0.29, 0.717) is 24.6 Å². The van der Waals surface area contributed by atoms with Gasteiger partial charge in [0.15, 0.2) is 0 Å². The van der Waals surface area contributed by atoms with Gasteiger partial charge in [0.1, 0.15) is 5.76 Å². The van der Waals surface area contributed by atoms with Crippen molar-refractivity contribution in [1.29, 1.82) is 0 Å². The van der Waals surface area contributed by atoms with Crippen LogP contribution in [0.1, 0.15) is 67.2 Å². The van der Waals surface area contributed by atoms with Crippen LogP contribution in [0.5, 0.6) is 0 Å². The molecule has 0 spiro atoms. The predicted molar refractivity (Wildman–Crippen MR) is 171 cm³/mol. The number of anilines is 1. The fourth-order valence-corrected chi connectivity index (χ4v) is 6.91. The molecular weight excluding hydrogens is 581 g/mol. The van der Waals surface area contributed by atoms with Crippen molar-refractivity contribution in [2.24, 2.45) is 5.92 Å². The van der Waals surface area contributed by atoms with Crippen LogP contribution in [0.25, 0.3) is 17.4 Å². The van der Waals surface area contributed by atoms with E-state index in [1.165, 1.54) is 24.8 Å². The molecule has 1 atom stereocenters. The van der Waals surface area contributed by atoms with Crippen LogP contribution in [0, 0.1) is 5.92 Å². The number of alkyl halides is 3. The molecule has 0 radical (unpaired) electrons. The lowest BCUT2D eigenvalue weighted by atomic mass is 9.79. The molecule has 2 fully saturated rings. The molecule has 1 saturated heterocycles. The molecule has 2 aromatic rings. The number of piperidine rings is 1. The number of urea groups is 1. The minimum absolute atomic E-state index is 0.0512. The summed E-state index contributed by atoms with van der Waals surface area (Å²) >= 11 is 0. The van der Waals surface area contributed by atoms with Crippen LogP contribution < -0.4 is 15.5 Å². The van der Waals surface area contributed by atoms with E-state index in [0.717, 1.165) is 45.7 Å². The summed E-state index contributed by atoms with van der Waals surface area (Å²) in [6.07, 6.45) is 4.56. The van der Waals surface area contributed by atoms with E-state index in [9.17, 15) is 22.8 Å². The molecule has 3 amide bonds. The Morgan fingerprint density at radius 1 is 0.956 bits per heavy atom. The average molecular weight is 625 g/mol. The highest BCUT2D eigenvalue weighted by Crippen LogP contribution is 2.42. The first-order chi connectivity index (χ1) is 21.5. The van der Waals surface area contributed by atoms with Crippen LogP contribution in [0.2, 0.25) is 0 Å². The Labute approximate surface area is 263 Å². The van der Waals surface area contributed by atoms with Crippen LogP contribution in [-0.2, 0) is 16.0 Å². The number of carbonyl (C=O) groups excluding carboxylic acids is 2. The van der Waals surface area contributed by atoms with E-state index < -0.39 is 12.1 Å². The smallest absolute Gasteiger partial charge is 0.471 e. The lowest BCUT2D eigenvalue weighted by Crippen LogP contribution is -2.54. The molecule has 5 rings (SSSR count). The van der Waals surface area contributed by atoms with Gasteiger partial charge in [-0.15, -0.1) is 0 Å². The van der Waals surface area contributed by atoms with Crippen molar-refractivity contribution >= 4 is 35.0 Å². The van der Waals surface area contributed by atoms with E-state index in [4.69, 9.17) is 4.74 Å². The second kappa shape index (κ2) is 14.0. The fourth-order valence-electron chi connectivity index (χ4n) is 6.91. The number of carbonyl (C=O) groups is 2. The van der Waals surface area contributed by atoms with Crippen LogP contribution in [0.3, 0.4) is 0 Å². The molecule has 7 nitrogen and oxygen atoms in total. The summed E-state index contributed by atoms with van der Waals surface area (Å²) in [4.78, 5) is 27.9. The summed E-state index contributed by atoms with van der Waals surface area (Å²) in [5, 5.41) is 6.09. The van der Waals surface area contributed by atoms with E-state index in [1.807, 2.05) is 19.2 Å². The maximum Gasteiger partial charge on any atom is 0.471 e. The number of rotatable bonds is 5. The maximum absolute atomic E-state index is 13.3. The number of nitrogens with one attached hydrogen (secondary N) is 2. The number of likely N-dealkylation sites (tertiary alicyclic amines) is 1. The molecule has 2 heterocycles. The Bertz CT molecular complexity index is 1430. The number of hydrogen-bond donors (Lipinski definition) is 2. The third kappa shape index (κ3) is 7.83. The molecule has 242 valence electrons. The number of allylic oxidation sites excluding steroid dienone is 1. The minimum atomic E-state index is -4.89. The predicted octanol–water partition coefficient (Wildman–Crippen LogP) is 6.64. The molecule has 3 aliphatic rings. The standard InChI is InChI=1S/C35H43F3N4O3/c1-23(45-3)25-13-14-30-31(24-9-5-4-6-10-24)20-27-12-8-7-11-26(27)19-29(22-41(2)32(30)21-25)40-34(44)39-28-15-17-42(18-16-28)33(43)35(36,37)38/h7-8,11-14,20-21,24,28-29H,1,4-6,9-10,15-19,22H2,2-3H3,(H2,39,40,44)/b31-20+. The number of methoxy groups -OCH3 is 1. The highest BCUT2D eigenvalue weighted by Gasteiger charge is 2.43. The normalized spacial score (nSPS) is 21.1. The van der Waals surface area contributed by atoms with E-state index >= 15 is 0 Å². The molecule has 2 N–H and O–H groups in total.